The number of anilines is 1. The number of hydrogen-bond acceptors (Lipinski definition) is 6. The van der Waals surface area contributed by atoms with Gasteiger partial charge in [-0.25, -0.2) is 0 Å². The van der Waals surface area contributed by atoms with Gasteiger partial charge in [0.25, 0.3) is 5.91 Å². The number of hydrogen-bond donors (Lipinski definition) is 1. The molecule has 0 fully saturated rings. The van der Waals surface area contributed by atoms with E-state index in [2.05, 4.69) is 5.32 Å². The Kier molecular flexibility index (Phi) is 7.61. The van der Waals surface area contributed by atoms with E-state index in [0.717, 1.165) is 11.1 Å². The molecule has 1 amide bonds. The predicted molar refractivity (Wildman–Crippen MR) is 130 cm³/mol. The van der Waals surface area contributed by atoms with Gasteiger partial charge < -0.3 is 14.2 Å². The molecule has 7 nitrogen and oxygen atoms in total. The fourth-order valence-electron chi connectivity index (χ4n) is 2.93. The van der Waals surface area contributed by atoms with Crippen LogP contribution in [0.15, 0.2) is 71.1 Å². The summed E-state index contributed by atoms with van der Waals surface area (Å²) in [5, 5.41) is 12.7. The van der Waals surface area contributed by atoms with E-state index in [4.69, 9.17) is 20.5 Å². The van der Waals surface area contributed by atoms with Crippen molar-refractivity contribution in [3.8, 4) is 17.6 Å². The van der Waals surface area contributed by atoms with Crippen molar-refractivity contribution in [2.75, 3.05) is 12.4 Å². The largest absolute Gasteiger partial charge is 0.497 e. The Bertz CT molecular complexity index is 1410. The second-order valence-electron chi connectivity index (χ2n) is 7.34. The SMILES string of the molecule is COc1ccc(/C=C(\C#N)C(=O)Nc2cc(Cl)ccc2C)c(OS(=O)(=O)c2ccc(C)cc2)c1. The first kappa shape index (κ1) is 24.8. The molecule has 0 aliphatic rings. The molecule has 0 aliphatic carbocycles. The number of methoxy groups -OCH3 is 1. The summed E-state index contributed by atoms with van der Waals surface area (Å²) in [7, 11) is -2.76. The summed E-state index contributed by atoms with van der Waals surface area (Å²) in [5.41, 5.74) is 2.04. The zero-order valence-corrected chi connectivity index (χ0v) is 20.2. The Hall–Kier alpha value is -3.80. The van der Waals surface area contributed by atoms with E-state index in [9.17, 15) is 18.5 Å². The zero-order valence-electron chi connectivity index (χ0n) is 18.6. The zero-order chi connectivity index (χ0) is 24.9. The number of benzene rings is 3. The van der Waals surface area contributed by atoms with E-state index in [1.54, 1.807) is 43.3 Å². The summed E-state index contributed by atoms with van der Waals surface area (Å²) in [6, 6.07) is 17.4. The summed E-state index contributed by atoms with van der Waals surface area (Å²) >= 11 is 6.00. The third kappa shape index (κ3) is 5.95. The Morgan fingerprint density at radius 2 is 1.76 bits per heavy atom. The summed E-state index contributed by atoms with van der Waals surface area (Å²) in [6.07, 6.45) is 1.24. The van der Waals surface area contributed by atoms with Crippen molar-refractivity contribution in [2.24, 2.45) is 0 Å². The van der Waals surface area contributed by atoms with Gasteiger partial charge in [0.05, 0.1) is 7.11 Å². The summed E-state index contributed by atoms with van der Waals surface area (Å²) in [6.45, 7) is 3.62. The molecule has 1 N–H and O–H groups in total. The molecule has 3 aromatic rings. The quantitative estimate of drug-likeness (QED) is 0.271. The number of ether oxygens (including phenoxy) is 1. The highest BCUT2D eigenvalue weighted by molar-refractivity contribution is 7.87. The minimum Gasteiger partial charge on any atom is -0.497 e. The van der Waals surface area contributed by atoms with Crippen molar-refractivity contribution in [3.05, 3.63) is 87.9 Å². The van der Waals surface area contributed by atoms with Crippen LogP contribution in [0.2, 0.25) is 5.02 Å². The van der Waals surface area contributed by atoms with Crippen molar-refractivity contribution in [1.82, 2.24) is 0 Å². The van der Waals surface area contributed by atoms with Gasteiger partial charge in [-0.1, -0.05) is 35.4 Å². The van der Waals surface area contributed by atoms with E-state index in [-0.39, 0.29) is 21.8 Å². The first-order valence-corrected chi connectivity index (χ1v) is 11.8. The van der Waals surface area contributed by atoms with E-state index in [1.165, 1.54) is 37.5 Å². The summed E-state index contributed by atoms with van der Waals surface area (Å²) < 4.78 is 36.2. The Balaban J connectivity index is 1.98. The van der Waals surface area contributed by atoms with Gasteiger partial charge in [-0.3, -0.25) is 4.79 Å². The lowest BCUT2D eigenvalue weighted by Crippen LogP contribution is -2.14. The maximum atomic E-state index is 12.8. The van der Waals surface area contributed by atoms with E-state index < -0.39 is 16.0 Å². The number of nitrogens with zero attached hydrogens (tertiary/aromatic N) is 1. The summed E-state index contributed by atoms with van der Waals surface area (Å²) in [5.74, 6) is -0.445. The van der Waals surface area contributed by atoms with E-state index >= 15 is 0 Å². The van der Waals surface area contributed by atoms with Crippen molar-refractivity contribution >= 4 is 39.4 Å². The maximum Gasteiger partial charge on any atom is 0.339 e. The average molecular weight is 497 g/mol. The van der Waals surface area contributed by atoms with Crippen LogP contribution < -0.4 is 14.2 Å². The van der Waals surface area contributed by atoms with Crippen LogP contribution in [0.4, 0.5) is 5.69 Å². The topological polar surface area (TPSA) is 105 Å². The monoisotopic (exact) mass is 496 g/mol. The minimum atomic E-state index is -4.18. The fraction of sp³-hybridized carbons (Fsp3) is 0.120. The number of nitrogens with one attached hydrogen (secondary N) is 1. The van der Waals surface area contributed by atoms with E-state index in [0.29, 0.717) is 16.5 Å². The number of nitriles is 1. The van der Waals surface area contributed by atoms with Crippen LogP contribution in [-0.4, -0.2) is 21.4 Å². The van der Waals surface area contributed by atoms with Crippen LogP contribution in [0, 0.1) is 25.2 Å². The fourth-order valence-corrected chi connectivity index (χ4v) is 4.05. The molecule has 3 rings (SSSR count). The van der Waals surface area contributed by atoms with Crippen molar-refractivity contribution in [2.45, 2.75) is 18.7 Å². The molecule has 34 heavy (non-hydrogen) atoms. The lowest BCUT2D eigenvalue weighted by atomic mass is 10.1. The summed E-state index contributed by atoms with van der Waals surface area (Å²) in [4.78, 5) is 12.7. The number of halogens is 1. The highest BCUT2D eigenvalue weighted by Gasteiger charge is 2.20. The van der Waals surface area contributed by atoms with Gasteiger partial charge in [0.1, 0.15) is 22.3 Å². The first-order chi connectivity index (χ1) is 16.1. The number of rotatable bonds is 7. The normalized spacial score (nSPS) is 11.4. The third-order valence-electron chi connectivity index (χ3n) is 4.84. The van der Waals surface area contributed by atoms with Gasteiger partial charge in [-0.2, -0.15) is 13.7 Å². The van der Waals surface area contributed by atoms with Gasteiger partial charge in [0, 0.05) is 22.3 Å². The molecule has 0 radical (unpaired) electrons. The van der Waals surface area contributed by atoms with Crippen molar-refractivity contribution in [3.63, 3.8) is 0 Å². The second kappa shape index (κ2) is 10.4. The third-order valence-corrected chi connectivity index (χ3v) is 6.33. The molecule has 3 aromatic carbocycles. The molecule has 0 heterocycles. The van der Waals surface area contributed by atoms with Gasteiger partial charge in [0.15, 0.2) is 5.75 Å². The molecule has 9 heteroatoms. The highest BCUT2D eigenvalue weighted by atomic mass is 35.5. The second-order valence-corrected chi connectivity index (χ2v) is 9.32. The van der Waals surface area contributed by atoms with E-state index in [1.807, 2.05) is 13.0 Å². The Morgan fingerprint density at radius 1 is 1.06 bits per heavy atom. The van der Waals surface area contributed by atoms with Crippen LogP contribution in [0.25, 0.3) is 6.08 Å². The molecule has 0 aliphatic heterocycles. The highest BCUT2D eigenvalue weighted by Crippen LogP contribution is 2.30. The van der Waals surface area contributed by atoms with Gasteiger partial charge in [-0.05, 0) is 61.9 Å². The predicted octanol–water partition coefficient (Wildman–Crippen LogP) is 5.28. The van der Waals surface area contributed by atoms with Crippen LogP contribution in [-0.2, 0) is 14.9 Å². The van der Waals surface area contributed by atoms with Gasteiger partial charge >= 0.3 is 10.1 Å². The van der Waals surface area contributed by atoms with Gasteiger partial charge in [-0.15, -0.1) is 0 Å². The Morgan fingerprint density at radius 3 is 2.41 bits per heavy atom. The maximum absolute atomic E-state index is 12.8. The van der Waals surface area contributed by atoms with Crippen molar-refractivity contribution in [1.29, 1.82) is 5.26 Å². The lowest BCUT2D eigenvalue weighted by molar-refractivity contribution is -0.112. The Labute approximate surface area is 203 Å². The molecule has 0 spiro atoms. The van der Waals surface area contributed by atoms with Crippen LogP contribution in [0.5, 0.6) is 11.5 Å². The number of carbonyl (C=O) groups is 1. The molecule has 174 valence electrons. The molecular weight excluding hydrogens is 476 g/mol. The molecule has 0 saturated carbocycles. The molecular formula is C25H21ClN2O5S. The van der Waals surface area contributed by atoms with Crippen LogP contribution >= 0.6 is 11.6 Å². The molecule has 0 unspecified atom stereocenters. The number of aryl methyl sites for hydroxylation is 2. The smallest absolute Gasteiger partial charge is 0.339 e. The van der Waals surface area contributed by atoms with Gasteiger partial charge in [0.2, 0.25) is 0 Å². The first-order valence-electron chi connectivity index (χ1n) is 10.0. The average Bonchev–Trinajstić information content (AvgIpc) is 2.80. The number of carbonyl (C=O) groups excluding carboxylic acids is 1. The molecule has 0 atom stereocenters. The standard InChI is InChI=1S/C25H21ClN2O5S/c1-16-4-10-22(11-5-16)34(30,31)33-24-14-21(32-3)9-7-18(24)12-19(15-27)25(29)28-23-13-20(26)8-6-17(23)2/h4-14H,1-3H3,(H,28,29)/b19-12+. The molecule has 0 bridgehead atoms. The van der Waals surface area contributed by atoms with Crippen LogP contribution in [0.1, 0.15) is 16.7 Å². The minimum absolute atomic E-state index is 0.0365. The van der Waals surface area contributed by atoms with Crippen LogP contribution in [0.3, 0.4) is 0 Å². The van der Waals surface area contributed by atoms with Crippen molar-refractivity contribution < 1.29 is 22.1 Å². The number of amides is 1. The lowest BCUT2D eigenvalue weighted by Gasteiger charge is -2.12. The molecule has 0 aromatic heterocycles. The molecule has 0 saturated heterocycles.